The molecule has 0 radical (unpaired) electrons. The Bertz CT molecular complexity index is 244. The standard InChI is InChI=1S/C8H15N3S/c1-6-5-12-10-8(6)7(4-9)11(2)3/h5,7H,4,9H2,1-3H3. The molecule has 0 aliphatic heterocycles. The molecule has 68 valence electrons. The molecule has 0 spiro atoms. The third kappa shape index (κ3) is 1.83. The maximum atomic E-state index is 5.66. The van der Waals surface area contributed by atoms with E-state index in [1.165, 1.54) is 17.1 Å². The van der Waals surface area contributed by atoms with E-state index in [0.29, 0.717) is 6.54 Å². The van der Waals surface area contributed by atoms with Crippen molar-refractivity contribution >= 4 is 11.5 Å². The fraction of sp³-hybridized carbons (Fsp3) is 0.625. The van der Waals surface area contributed by atoms with Crippen LogP contribution in [0.4, 0.5) is 0 Å². The molecule has 1 heterocycles. The van der Waals surface area contributed by atoms with E-state index < -0.39 is 0 Å². The van der Waals surface area contributed by atoms with Gasteiger partial charge in [0.15, 0.2) is 0 Å². The Hall–Kier alpha value is -0.450. The predicted octanol–water partition coefficient (Wildman–Crippen LogP) is 1.01. The minimum atomic E-state index is 0.260. The molecule has 12 heavy (non-hydrogen) atoms. The Morgan fingerprint density at radius 2 is 2.33 bits per heavy atom. The molecule has 1 atom stereocenters. The largest absolute Gasteiger partial charge is 0.329 e. The molecule has 1 aromatic rings. The quantitative estimate of drug-likeness (QED) is 0.764. The minimum Gasteiger partial charge on any atom is -0.329 e. The van der Waals surface area contributed by atoms with Crippen LogP contribution in [0.2, 0.25) is 0 Å². The van der Waals surface area contributed by atoms with E-state index in [1.54, 1.807) is 0 Å². The van der Waals surface area contributed by atoms with Gasteiger partial charge in [0.1, 0.15) is 0 Å². The van der Waals surface area contributed by atoms with Crippen molar-refractivity contribution in [3.8, 4) is 0 Å². The first kappa shape index (κ1) is 9.64. The summed E-state index contributed by atoms with van der Waals surface area (Å²) in [5.41, 5.74) is 8.01. The summed E-state index contributed by atoms with van der Waals surface area (Å²) in [6.07, 6.45) is 0. The van der Waals surface area contributed by atoms with Crippen molar-refractivity contribution in [2.45, 2.75) is 13.0 Å². The van der Waals surface area contributed by atoms with Crippen LogP contribution in [0.3, 0.4) is 0 Å². The van der Waals surface area contributed by atoms with E-state index in [-0.39, 0.29) is 6.04 Å². The number of nitrogens with two attached hydrogens (primary N) is 1. The maximum absolute atomic E-state index is 5.66. The SMILES string of the molecule is Cc1csnc1C(CN)N(C)C. The highest BCUT2D eigenvalue weighted by Gasteiger charge is 2.16. The van der Waals surface area contributed by atoms with Crippen molar-refractivity contribution in [3.63, 3.8) is 0 Å². The lowest BCUT2D eigenvalue weighted by atomic mass is 10.1. The fourth-order valence-electron chi connectivity index (χ4n) is 1.19. The number of rotatable bonds is 3. The first-order valence-corrected chi connectivity index (χ1v) is 4.77. The van der Waals surface area contributed by atoms with Crippen LogP contribution < -0.4 is 5.73 Å². The molecule has 4 heteroatoms. The van der Waals surface area contributed by atoms with E-state index in [4.69, 9.17) is 5.73 Å². The van der Waals surface area contributed by atoms with Gasteiger partial charge in [-0.2, -0.15) is 4.37 Å². The molecule has 0 bridgehead atoms. The number of aryl methyl sites for hydroxylation is 1. The van der Waals surface area contributed by atoms with Gasteiger partial charge in [0, 0.05) is 11.9 Å². The van der Waals surface area contributed by atoms with Crippen molar-refractivity contribution in [2.75, 3.05) is 20.6 Å². The van der Waals surface area contributed by atoms with E-state index in [1.807, 2.05) is 14.1 Å². The zero-order valence-electron chi connectivity index (χ0n) is 7.74. The smallest absolute Gasteiger partial charge is 0.0755 e. The van der Waals surface area contributed by atoms with Crippen LogP contribution in [0.5, 0.6) is 0 Å². The first-order valence-electron chi connectivity index (χ1n) is 3.94. The van der Waals surface area contributed by atoms with Crippen molar-refractivity contribution < 1.29 is 0 Å². The molecule has 0 saturated carbocycles. The molecule has 0 saturated heterocycles. The third-order valence-electron chi connectivity index (χ3n) is 1.95. The minimum absolute atomic E-state index is 0.260. The van der Waals surface area contributed by atoms with Gasteiger partial charge in [-0.1, -0.05) is 0 Å². The van der Waals surface area contributed by atoms with E-state index >= 15 is 0 Å². The lowest BCUT2D eigenvalue weighted by Crippen LogP contribution is -2.27. The summed E-state index contributed by atoms with van der Waals surface area (Å²) in [4.78, 5) is 2.10. The molecule has 0 aliphatic carbocycles. The zero-order chi connectivity index (χ0) is 9.14. The zero-order valence-corrected chi connectivity index (χ0v) is 8.56. The fourth-order valence-corrected chi connectivity index (χ4v) is 1.90. The lowest BCUT2D eigenvalue weighted by molar-refractivity contribution is 0.301. The van der Waals surface area contributed by atoms with E-state index in [0.717, 1.165) is 5.69 Å². The predicted molar refractivity (Wildman–Crippen MR) is 52.3 cm³/mol. The molecule has 1 rings (SSSR count). The molecular formula is C8H15N3S. The summed E-state index contributed by atoms with van der Waals surface area (Å²) < 4.78 is 4.33. The average molecular weight is 185 g/mol. The van der Waals surface area contributed by atoms with Gasteiger partial charge in [0.2, 0.25) is 0 Å². The summed E-state index contributed by atoms with van der Waals surface area (Å²) in [6.45, 7) is 2.70. The maximum Gasteiger partial charge on any atom is 0.0755 e. The van der Waals surface area contributed by atoms with Crippen LogP contribution >= 0.6 is 11.5 Å². The van der Waals surface area contributed by atoms with Gasteiger partial charge in [-0.05, 0) is 38.1 Å². The Balaban J connectivity index is 2.87. The molecule has 0 aromatic carbocycles. The third-order valence-corrected chi connectivity index (χ3v) is 2.71. The first-order chi connectivity index (χ1) is 5.66. The molecule has 0 fully saturated rings. The van der Waals surface area contributed by atoms with Crippen molar-refractivity contribution in [1.29, 1.82) is 0 Å². The van der Waals surface area contributed by atoms with Gasteiger partial charge in [-0.25, -0.2) is 0 Å². The Labute approximate surface area is 77.4 Å². The van der Waals surface area contributed by atoms with Crippen molar-refractivity contribution in [3.05, 3.63) is 16.6 Å². The highest BCUT2D eigenvalue weighted by molar-refractivity contribution is 7.03. The second kappa shape index (κ2) is 3.98. The van der Waals surface area contributed by atoms with Gasteiger partial charge in [0.05, 0.1) is 11.7 Å². The normalized spacial score (nSPS) is 13.8. The number of nitrogens with zero attached hydrogens (tertiary/aromatic N) is 2. The summed E-state index contributed by atoms with van der Waals surface area (Å²) in [5.74, 6) is 0. The Morgan fingerprint density at radius 1 is 1.67 bits per heavy atom. The molecule has 0 amide bonds. The summed E-state index contributed by atoms with van der Waals surface area (Å²) in [5, 5.41) is 2.06. The Morgan fingerprint density at radius 3 is 2.67 bits per heavy atom. The summed E-state index contributed by atoms with van der Waals surface area (Å²) in [6, 6.07) is 0.260. The second-order valence-electron chi connectivity index (χ2n) is 3.10. The second-order valence-corrected chi connectivity index (χ2v) is 3.73. The lowest BCUT2D eigenvalue weighted by Gasteiger charge is -2.21. The number of aromatic nitrogens is 1. The highest BCUT2D eigenvalue weighted by Crippen LogP contribution is 2.20. The van der Waals surface area contributed by atoms with Crippen LogP contribution in [0.25, 0.3) is 0 Å². The van der Waals surface area contributed by atoms with E-state index in [2.05, 4.69) is 21.6 Å². The van der Waals surface area contributed by atoms with Crippen LogP contribution in [-0.2, 0) is 0 Å². The number of likely N-dealkylation sites (N-methyl/N-ethyl adjacent to an activating group) is 1. The number of hydrogen-bond donors (Lipinski definition) is 1. The van der Waals surface area contributed by atoms with Gasteiger partial charge in [-0.15, -0.1) is 0 Å². The van der Waals surface area contributed by atoms with Crippen LogP contribution in [0.1, 0.15) is 17.3 Å². The molecular weight excluding hydrogens is 170 g/mol. The van der Waals surface area contributed by atoms with Gasteiger partial charge in [-0.3, -0.25) is 4.90 Å². The molecule has 0 aliphatic rings. The van der Waals surface area contributed by atoms with Crippen molar-refractivity contribution in [2.24, 2.45) is 5.73 Å². The van der Waals surface area contributed by atoms with Crippen LogP contribution in [0, 0.1) is 6.92 Å². The molecule has 3 nitrogen and oxygen atoms in total. The van der Waals surface area contributed by atoms with Gasteiger partial charge >= 0.3 is 0 Å². The van der Waals surface area contributed by atoms with Crippen LogP contribution in [-0.4, -0.2) is 29.9 Å². The highest BCUT2D eigenvalue weighted by atomic mass is 32.1. The molecule has 1 unspecified atom stereocenters. The van der Waals surface area contributed by atoms with Crippen molar-refractivity contribution in [1.82, 2.24) is 9.27 Å². The molecule has 2 N–H and O–H groups in total. The van der Waals surface area contributed by atoms with Gasteiger partial charge < -0.3 is 5.73 Å². The topological polar surface area (TPSA) is 42.1 Å². The summed E-state index contributed by atoms with van der Waals surface area (Å²) in [7, 11) is 4.05. The number of hydrogen-bond acceptors (Lipinski definition) is 4. The Kier molecular flexibility index (Phi) is 3.20. The van der Waals surface area contributed by atoms with E-state index in [9.17, 15) is 0 Å². The van der Waals surface area contributed by atoms with Crippen LogP contribution in [0.15, 0.2) is 5.38 Å². The molecule has 1 aromatic heterocycles. The average Bonchev–Trinajstić information content (AvgIpc) is 2.38. The van der Waals surface area contributed by atoms with Gasteiger partial charge in [0.25, 0.3) is 0 Å². The summed E-state index contributed by atoms with van der Waals surface area (Å²) >= 11 is 1.50. The monoisotopic (exact) mass is 185 g/mol.